The Labute approximate surface area is 150 Å². The third kappa shape index (κ3) is 3.52. The summed E-state index contributed by atoms with van der Waals surface area (Å²) in [4.78, 5) is 2.67. The van der Waals surface area contributed by atoms with Gasteiger partial charge < -0.3 is 4.74 Å². The van der Waals surface area contributed by atoms with Gasteiger partial charge in [0.15, 0.2) is 0 Å². The lowest BCUT2D eigenvalue weighted by Crippen LogP contribution is -2.50. The van der Waals surface area contributed by atoms with E-state index in [1.807, 2.05) is 31.2 Å². The van der Waals surface area contributed by atoms with Crippen molar-refractivity contribution in [3.8, 4) is 5.75 Å². The summed E-state index contributed by atoms with van der Waals surface area (Å²) in [5.74, 6) is 0.724. The van der Waals surface area contributed by atoms with Gasteiger partial charge in [0.05, 0.1) is 11.5 Å². The van der Waals surface area contributed by atoms with Gasteiger partial charge in [-0.15, -0.1) is 0 Å². The summed E-state index contributed by atoms with van der Waals surface area (Å²) in [6, 6.07) is 11.4. The maximum atomic E-state index is 13.2. The van der Waals surface area contributed by atoms with Crippen LogP contribution in [0.5, 0.6) is 5.75 Å². The van der Waals surface area contributed by atoms with Gasteiger partial charge in [0.2, 0.25) is 10.0 Å². The summed E-state index contributed by atoms with van der Waals surface area (Å²) >= 11 is 0. The molecule has 0 aliphatic carbocycles. The first kappa shape index (κ1) is 18.2. The second-order valence-corrected chi connectivity index (χ2v) is 8.48. The van der Waals surface area contributed by atoms with Crippen LogP contribution in [-0.2, 0) is 10.0 Å². The molecule has 1 aliphatic rings. The summed E-state index contributed by atoms with van der Waals surface area (Å²) in [6.45, 7) is 9.36. The van der Waals surface area contributed by atoms with Crippen LogP contribution in [0.4, 0.5) is 0 Å². The number of piperazine rings is 1. The fraction of sp³-hybridized carbons (Fsp3) is 0.474. The molecule has 1 aliphatic heterocycles. The molecule has 3 rings (SSSR count). The molecule has 0 saturated carbocycles. The van der Waals surface area contributed by atoms with E-state index in [9.17, 15) is 8.42 Å². The van der Waals surface area contributed by atoms with Crippen LogP contribution in [0.2, 0.25) is 0 Å². The van der Waals surface area contributed by atoms with Crippen molar-refractivity contribution in [1.29, 1.82) is 0 Å². The van der Waals surface area contributed by atoms with E-state index in [1.54, 1.807) is 16.4 Å². The zero-order valence-electron chi connectivity index (χ0n) is 15.1. The molecule has 1 fully saturated rings. The lowest BCUT2D eigenvalue weighted by atomic mass is 10.1. The largest absolute Gasteiger partial charge is 0.493 e. The molecule has 25 heavy (non-hydrogen) atoms. The van der Waals surface area contributed by atoms with Crippen molar-refractivity contribution in [2.24, 2.45) is 0 Å². The highest BCUT2D eigenvalue weighted by atomic mass is 32.2. The number of sulfonamides is 1. The van der Waals surface area contributed by atoms with Crippen LogP contribution in [0.3, 0.4) is 0 Å². The van der Waals surface area contributed by atoms with Crippen LogP contribution in [0.15, 0.2) is 41.3 Å². The highest BCUT2D eigenvalue weighted by Gasteiger charge is 2.30. The number of hydrogen-bond acceptors (Lipinski definition) is 4. The summed E-state index contributed by atoms with van der Waals surface area (Å²) < 4.78 is 33.7. The van der Waals surface area contributed by atoms with Crippen molar-refractivity contribution >= 4 is 20.8 Å². The maximum absolute atomic E-state index is 13.2. The average Bonchev–Trinajstić information content (AvgIpc) is 2.62. The van der Waals surface area contributed by atoms with Crippen molar-refractivity contribution in [2.45, 2.75) is 31.7 Å². The first-order valence-corrected chi connectivity index (χ1v) is 10.3. The van der Waals surface area contributed by atoms with Gasteiger partial charge in [-0.25, -0.2) is 8.42 Å². The number of hydrogen-bond donors (Lipinski definition) is 0. The minimum absolute atomic E-state index is 0.365. The van der Waals surface area contributed by atoms with E-state index in [4.69, 9.17) is 4.74 Å². The molecule has 0 radical (unpaired) electrons. The van der Waals surface area contributed by atoms with Crippen LogP contribution in [0.1, 0.15) is 20.8 Å². The molecule has 2 aromatic rings. The number of benzene rings is 2. The smallest absolute Gasteiger partial charge is 0.243 e. The molecule has 0 atom stereocenters. The Morgan fingerprint density at radius 3 is 2.24 bits per heavy atom. The second kappa shape index (κ2) is 7.32. The van der Waals surface area contributed by atoms with Gasteiger partial charge in [-0.05, 0) is 32.9 Å². The molecule has 2 aromatic carbocycles. The maximum Gasteiger partial charge on any atom is 0.243 e. The summed E-state index contributed by atoms with van der Waals surface area (Å²) in [5.41, 5.74) is 0. The molecular formula is C19H26N2O3S. The Hall–Kier alpha value is -1.63. The Morgan fingerprint density at radius 1 is 1.00 bits per heavy atom. The highest BCUT2D eigenvalue weighted by molar-refractivity contribution is 7.89. The monoisotopic (exact) mass is 362 g/mol. The summed E-state index contributed by atoms with van der Waals surface area (Å²) in [7, 11) is -3.52. The molecule has 0 spiro atoms. The van der Waals surface area contributed by atoms with E-state index in [2.05, 4.69) is 18.7 Å². The van der Waals surface area contributed by atoms with Crippen LogP contribution >= 0.6 is 0 Å². The number of ether oxygens (including phenoxy) is 1. The lowest BCUT2D eigenvalue weighted by Gasteiger charge is -2.36. The molecule has 0 N–H and O–H groups in total. The van der Waals surface area contributed by atoms with Gasteiger partial charge in [0, 0.05) is 43.0 Å². The van der Waals surface area contributed by atoms with E-state index in [-0.39, 0.29) is 0 Å². The minimum atomic E-state index is -3.52. The predicted octanol–water partition coefficient (Wildman–Crippen LogP) is 2.95. The molecule has 136 valence electrons. The van der Waals surface area contributed by atoms with E-state index in [0.717, 1.165) is 29.6 Å². The molecule has 0 bridgehead atoms. The molecule has 0 unspecified atom stereocenters. The second-order valence-electron chi connectivity index (χ2n) is 6.57. The third-order valence-electron chi connectivity index (χ3n) is 4.77. The molecule has 1 saturated heterocycles. The standard InChI is InChI=1S/C19H26N2O3S/c1-4-24-18-9-10-19(17-8-6-5-7-16(17)18)25(22,23)21-13-11-20(12-14-21)15(2)3/h5-10,15H,4,11-14H2,1-3H3. The highest BCUT2D eigenvalue weighted by Crippen LogP contribution is 2.32. The van der Waals surface area contributed by atoms with Crippen LogP contribution in [-0.4, -0.2) is 56.5 Å². The van der Waals surface area contributed by atoms with E-state index < -0.39 is 10.0 Å². The van der Waals surface area contributed by atoms with E-state index in [1.165, 1.54) is 0 Å². The van der Waals surface area contributed by atoms with E-state index >= 15 is 0 Å². The predicted molar refractivity (Wildman–Crippen MR) is 101 cm³/mol. The Kier molecular flexibility index (Phi) is 5.32. The normalized spacial score (nSPS) is 17.3. The zero-order chi connectivity index (χ0) is 18.0. The van der Waals surface area contributed by atoms with Crippen LogP contribution in [0.25, 0.3) is 10.8 Å². The fourth-order valence-corrected chi connectivity index (χ4v) is 4.97. The first-order valence-electron chi connectivity index (χ1n) is 8.84. The van der Waals surface area contributed by atoms with Crippen LogP contribution in [0, 0.1) is 0 Å². The van der Waals surface area contributed by atoms with Crippen molar-refractivity contribution < 1.29 is 13.2 Å². The topological polar surface area (TPSA) is 49.9 Å². The molecule has 0 aromatic heterocycles. The van der Waals surface area contributed by atoms with Gasteiger partial charge in [-0.1, -0.05) is 24.3 Å². The van der Waals surface area contributed by atoms with E-state index in [0.29, 0.717) is 30.6 Å². The van der Waals surface area contributed by atoms with Gasteiger partial charge in [0.25, 0.3) is 0 Å². The number of nitrogens with zero attached hydrogens (tertiary/aromatic N) is 2. The Bertz CT molecular complexity index is 841. The van der Waals surface area contributed by atoms with Gasteiger partial charge >= 0.3 is 0 Å². The zero-order valence-corrected chi connectivity index (χ0v) is 15.9. The first-order chi connectivity index (χ1) is 11.9. The average molecular weight is 362 g/mol. The van der Waals surface area contributed by atoms with Gasteiger partial charge in [-0.3, -0.25) is 4.90 Å². The number of fused-ring (bicyclic) bond motifs is 1. The molecule has 0 amide bonds. The molecule has 6 heteroatoms. The summed E-state index contributed by atoms with van der Waals surface area (Å²) in [6.07, 6.45) is 0. The Balaban J connectivity index is 1.97. The van der Waals surface area contributed by atoms with Crippen molar-refractivity contribution in [1.82, 2.24) is 9.21 Å². The minimum Gasteiger partial charge on any atom is -0.493 e. The van der Waals surface area contributed by atoms with Crippen LogP contribution < -0.4 is 4.74 Å². The van der Waals surface area contributed by atoms with Gasteiger partial charge in [-0.2, -0.15) is 4.31 Å². The SMILES string of the molecule is CCOc1ccc(S(=O)(=O)N2CCN(C(C)C)CC2)c2ccccc12. The third-order valence-corrected chi connectivity index (χ3v) is 6.72. The van der Waals surface area contributed by atoms with Crippen molar-refractivity contribution in [2.75, 3.05) is 32.8 Å². The fourth-order valence-electron chi connectivity index (χ4n) is 3.35. The molecular weight excluding hydrogens is 336 g/mol. The number of rotatable bonds is 5. The van der Waals surface area contributed by atoms with Gasteiger partial charge in [0.1, 0.15) is 5.75 Å². The summed E-state index contributed by atoms with van der Waals surface area (Å²) in [5, 5.41) is 1.56. The van der Waals surface area contributed by atoms with Crippen molar-refractivity contribution in [3.63, 3.8) is 0 Å². The molecule has 5 nitrogen and oxygen atoms in total. The molecule has 1 heterocycles. The van der Waals surface area contributed by atoms with Crippen molar-refractivity contribution in [3.05, 3.63) is 36.4 Å². The lowest BCUT2D eigenvalue weighted by molar-refractivity contribution is 0.154. The quantitative estimate of drug-likeness (QED) is 0.821. The Morgan fingerprint density at radius 2 is 1.64 bits per heavy atom.